The van der Waals surface area contributed by atoms with Gasteiger partial charge in [-0.15, -0.1) is 23.1 Å². The minimum atomic E-state index is -1.37. The molecule has 3 aliphatic heterocycles. The summed E-state index contributed by atoms with van der Waals surface area (Å²) in [6, 6.07) is -1.08. The molecule has 4 rings (SSSR count). The Kier molecular flexibility index (Phi) is 9.74. The number of thiazole rings is 1. The first-order chi connectivity index (χ1) is 19.9. The van der Waals surface area contributed by atoms with Crippen LogP contribution in [0.25, 0.3) is 0 Å². The highest BCUT2D eigenvalue weighted by atomic mass is 32.2. The maximum atomic E-state index is 13.2. The lowest BCUT2D eigenvalue weighted by molar-refractivity contribution is -0.150. The number of nitrogens with zero attached hydrogens (tertiary/aromatic N) is 5. The average molecular weight is 640 g/mol. The number of aliphatic carboxylic acids is 2. The van der Waals surface area contributed by atoms with Crippen LogP contribution in [0.3, 0.4) is 0 Å². The van der Waals surface area contributed by atoms with Crippen LogP contribution in [0.15, 0.2) is 26.8 Å². The first-order valence-electron chi connectivity index (χ1n) is 12.6. The van der Waals surface area contributed by atoms with Crippen LogP contribution in [0, 0.1) is 5.41 Å². The van der Waals surface area contributed by atoms with Gasteiger partial charge in [0.1, 0.15) is 28.6 Å². The van der Waals surface area contributed by atoms with Crippen LogP contribution < -0.4 is 16.8 Å². The number of rotatable bonds is 11. The van der Waals surface area contributed by atoms with Crippen LogP contribution in [0.5, 0.6) is 0 Å². The molecule has 1 aromatic rings. The lowest BCUT2D eigenvalue weighted by Crippen LogP contribution is -2.71. The van der Waals surface area contributed by atoms with Gasteiger partial charge in [-0.3, -0.25) is 19.9 Å². The van der Waals surface area contributed by atoms with E-state index in [9.17, 15) is 24.3 Å². The summed E-state index contributed by atoms with van der Waals surface area (Å²) in [7, 11) is 0. The Bertz CT molecular complexity index is 1390. The molecule has 0 aliphatic carbocycles. The third kappa shape index (κ3) is 6.53. The van der Waals surface area contributed by atoms with Crippen molar-refractivity contribution in [2.75, 3.05) is 23.8 Å². The molecule has 1 fully saturated rings. The van der Waals surface area contributed by atoms with Crippen molar-refractivity contribution in [3.05, 3.63) is 22.3 Å². The Hall–Kier alpha value is -3.68. The highest BCUT2D eigenvalue weighted by molar-refractivity contribution is 8.14. The fourth-order valence-corrected chi connectivity index (χ4v) is 7.36. The molecule has 0 saturated carbocycles. The Morgan fingerprint density at radius 3 is 2.74 bits per heavy atom. The second-order valence-electron chi connectivity index (χ2n) is 9.31. The number of nitrogen functional groups attached to an aromatic ring is 1. The van der Waals surface area contributed by atoms with Gasteiger partial charge in [0.2, 0.25) is 6.10 Å². The molecule has 0 bridgehead atoms. The zero-order chi connectivity index (χ0) is 30.7. The fraction of sp³-hybridized carbons (Fsp3) is 0.478. The maximum Gasteiger partial charge on any atom is 0.352 e. The third-order valence-corrected chi connectivity index (χ3v) is 9.38. The number of anilines is 1. The largest absolute Gasteiger partial charge is 0.478 e. The van der Waals surface area contributed by atoms with Gasteiger partial charge >= 0.3 is 11.9 Å². The summed E-state index contributed by atoms with van der Waals surface area (Å²) in [6.07, 6.45) is -0.645. The zero-order valence-electron chi connectivity index (χ0n) is 22.5. The van der Waals surface area contributed by atoms with E-state index in [-0.39, 0.29) is 39.6 Å². The van der Waals surface area contributed by atoms with Crippen LogP contribution in [-0.4, -0.2) is 107 Å². The molecular weight excluding hydrogens is 611 g/mol. The van der Waals surface area contributed by atoms with Crippen molar-refractivity contribution in [3.8, 4) is 0 Å². The molecule has 8 N–H and O–H groups in total. The third-order valence-electron chi connectivity index (χ3n) is 6.29. The number of aliphatic imine (C=N–C) groups is 1. The van der Waals surface area contributed by atoms with E-state index in [1.165, 1.54) is 35.8 Å². The second kappa shape index (κ2) is 13.1. The fourth-order valence-electron chi connectivity index (χ4n) is 4.23. The van der Waals surface area contributed by atoms with Gasteiger partial charge < -0.3 is 36.7 Å². The number of β-lactam (4-membered cyclic amide) rings is 1. The summed E-state index contributed by atoms with van der Waals surface area (Å²) < 4.78 is 0. The van der Waals surface area contributed by atoms with Gasteiger partial charge in [-0.1, -0.05) is 23.8 Å². The summed E-state index contributed by atoms with van der Waals surface area (Å²) in [5.41, 5.74) is 11.8. The molecule has 2 amide bonds. The minimum Gasteiger partial charge on any atom is -0.478 e. The lowest BCUT2D eigenvalue weighted by atomic mass is 10.0. The highest BCUT2D eigenvalue weighted by Gasteiger charge is 2.54. The predicted molar refractivity (Wildman–Crippen MR) is 158 cm³/mol. The van der Waals surface area contributed by atoms with Gasteiger partial charge in [0.05, 0.1) is 6.17 Å². The molecule has 19 heteroatoms. The predicted octanol–water partition coefficient (Wildman–Crippen LogP) is 0.125. The number of aromatic nitrogens is 1. The van der Waals surface area contributed by atoms with E-state index in [0.717, 1.165) is 22.7 Å². The molecule has 4 atom stereocenters. The molecule has 4 heterocycles. The van der Waals surface area contributed by atoms with E-state index in [4.69, 9.17) is 26.8 Å². The standard InChI is InChI=1S/C23H29N9O7S3/c1-3-4-31-13(25)5-12(24)28-23(31)42-7-10-6-40-19-15(18(34)32(19)16(10)21(37)38)29-17(33)14(11-8-41-22(26)27-11)30-39-9(2)20(35)36/h8-9,13,15,19,24H,3-7,25H2,1-2H3,(H2,26,27)(H,29,33)(H,35,36)(H,37,38)/t9-,13?,15?,19+/m1/s1. The van der Waals surface area contributed by atoms with Crippen molar-refractivity contribution in [2.24, 2.45) is 15.9 Å². The summed E-state index contributed by atoms with van der Waals surface area (Å²) >= 11 is 3.56. The van der Waals surface area contributed by atoms with E-state index >= 15 is 0 Å². The number of carboxylic acid groups (broad SMARTS) is 2. The number of nitrogens with two attached hydrogens (primary N) is 2. The lowest BCUT2D eigenvalue weighted by Gasteiger charge is -2.49. The SMILES string of the molecule is CCCN1C(SCC2=C(C(=O)O)N3C(=O)C(NC(=O)C(=NO[C@H](C)C(=O)O)c4csc(N)n4)[C@@H]3SC2)=NC(=N)CC1N. The number of oxime groups is 1. The first kappa shape index (κ1) is 31.3. The van der Waals surface area contributed by atoms with E-state index in [2.05, 4.69) is 20.4 Å². The number of amides is 2. The summed E-state index contributed by atoms with van der Waals surface area (Å²) in [6.45, 7) is 3.85. The van der Waals surface area contributed by atoms with Crippen molar-refractivity contribution in [1.82, 2.24) is 20.1 Å². The Morgan fingerprint density at radius 2 is 2.12 bits per heavy atom. The Labute approximate surface area is 252 Å². The summed E-state index contributed by atoms with van der Waals surface area (Å²) in [5, 5.41) is 34.6. The van der Waals surface area contributed by atoms with Gasteiger partial charge in [-0.25, -0.2) is 19.6 Å². The molecule has 0 radical (unpaired) electrons. The van der Waals surface area contributed by atoms with Crippen molar-refractivity contribution >= 4 is 80.5 Å². The van der Waals surface area contributed by atoms with Gasteiger partial charge in [-0.2, -0.15) is 0 Å². The molecule has 0 spiro atoms. The van der Waals surface area contributed by atoms with Crippen LogP contribution in [0.1, 0.15) is 32.4 Å². The number of thioether (sulfide) groups is 2. The Balaban J connectivity index is 1.50. The summed E-state index contributed by atoms with van der Waals surface area (Å²) in [5.74, 6) is -3.48. The topological polar surface area (TPSA) is 250 Å². The number of nitrogens with one attached hydrogen (secondary N) is 2. The van der Waals surface area contributed by atoms with E-state index in [1.807, 2.05) is 11.8 Å². The van der Waals surface area contributed by atoms with Gasteiger partial charge in [0.25, 0.3) is 11.8 Å². The highest BCUT2D eigenvalue weighted by Crippen LogP contribution is 2.41. The van der Waals surface area contributed by atoms with Crippen molar-refractivity contribution in [2.45, 2.75) is 50.4 Å². The number of fused-ring (bicyclic) bond motifs is 1. The normalized spacial score (nSPS) is 23.2. The van der Waals surface area contributed by atoms with E-state index in [0.29, 0.717) is 23.7 Å². The number of carboxylic acids is 2. The number of hydrogen-bond donors (Lipinski definition) is 6. The van der Waals surface area contributed by atoms with Gasteiger partial charge in [-0.05, 0) is 18.9 Å². The molecule has 42 heavy (non-hydrogen) atoms. The molecule has 0 aromatic carbocycles. The van der Waals surface area contributed by atoms with Crippen LogP contribution in [0.2, 0.25) is 0 Å². The monoisotopic (exact) mass is 639 g/mol. The molecule has 3 aliphatic rings. The van der Waals surface area contributed by atoms with Crippen molar-refractivity contribution in [1.29, 1.82) is 5.41 Å². The molecule has 1 saturated heterocycles. The minimum absolute atomic E-state index is 0.0218. The molecule has 2 unspecified atom stereocenters. The Morgan fingerprint density at radius 1 is 1.38 bits per heavy atom. The van der Waals surface area contributed by atoms with Crippen molar-refractivity contribution < 1.29 is 34.2 Å². The smallest absolute Gasteiger partial charge is 0.352 e. The molecular formula is C23H29N9O7S3. The van der Waals surface area contributed by atoms with Crippen LogP contribution in [0.4, 0.5) is 5.13 Å². The number of carbonyl (C=O) groups excluding carboxylic acids is 2. The molecule has 226 valence electrons. The maximum absolute atomic E-state index is 13.2. The second-order valence-corrected chi connectivity index (χ2v) is 12.2. The van der Waals surface area contributed by atoms with E-state index < -0.39 is 47.4 Å². The quantitative estimate of drug-likeness (QED) is 0.107. The molecule has 16 nitrogen and oxygen atoms in total. The van der Waals surface area contributed by atoms with E-state index in [1.54, 1.807) is 0 Å². The van der Waals surface area contributed by atoms with Crippen LogP contribution >= 0.6 is 34.9 Å². The molecule has 1 aromatic heterocycles. The first-order valence-corrected chi connectivity index (χ1v) is 15.5. The summed E-state index contributed by atoms with van der Waals surface area (Å²) in [4.78, 5) is 66.0. The number of carbonyl (C=O) groups is 4. The zero-order valence-corrected chi connectivity index (χ0v) is 24.9. The average Bonchev–Trinajstić information content (AvgIpc) is 3.36. The van der Waals surface area contributed by atoms with Gasteiger partial charge in [0.15, 0.2) is 16.0 Å². The number of amidine groups is 2. The van der Waals surface area contributed by atoms with Crippen molar-refractivity contribution in [3.63, 3.8) is 0 Å². The number of hydrogen-bond acceptors (Lipinski definition) is 14. The van der Waals surface area contributed by atoms with Gasteiger partial charge in [0, 0.05) is 29.9 Å². The van der Waals surface area contributed by atoms with Crippen LogP contribution in [-0.2, 0) is 24.0 Å².